The van der Waals surface area contributed by atoms with Gasteiger partial charge in [0.1, 0.15) is 5.92 Å². The Bertz CT molecular complexity index is 858. The smallest absolute Gasteiger partial charge is 0.336 e. The van der Waals surface area contributed by atoms with Gasteiger partial charge in [-0.05, 0) is 25.5 Å². The molecule has 1 heterocycles. The molecule has 2 rings (SSSR count). The first-order chi connectivity index (χ1) is 17.2. The van der Waals surface area contributed by atoms with Crippen LogP contribution in [-0.2, 0) is 24.0 Å². The van der Waals surface area contributed by atoms with Gasteiger partial charge in [-0.3, -0.25) is 19.2 Å². The Morgan fingerprint density at radius 2 is 1.35 bits per heavy atom. The van der Waals surface area contributed by atoms with Crippen molar-refractivity contribution >= 4 is 23.9 Å². The SMILES string of the molecule is CCC(C(=O)O)C1(C)Oc2ccccc2O1.CCON(CC)CC.O=C(O)CC(O)(CC(=O)O)C(=O)O. The van der Waals surface area contributed by atoms with Crippen LogP contribution in [0.25, 0.3) is 0 Å². The lowest BCUT2D eigenvalue weighted by atomic mass is 9.96. The highest BCUT2D eigenvalue weighted by molar-refractivity contribution is 5.88. The van der Waals surface area contributed by atoms with Gasteiger partial charge in [0.15, 0.2) is 17.1 Å². The summed E-state index contributed by atoms with van der Waals surface area (Å²) < 4.78 is 11.2. The fourth-order valence-corrected chi connectivity index (χ4v) is 3.29. The molecule has 1 aliphatic rings. The fourth-order valence-electron chi connectivity index (χ4n) is 3.29. The van der Waals surface area contributed by atoms with Gasteiger partial charge in [-0.2, -0.15) is 5.06 Å². The summed E-state index contributed by atoms with van der Waals surface area (Å²) in [6, 6.07) is 7.20. The van der Waals surface area contributed by atoms with E-state index in [1.54, 1.807) is 26.0 Å². The number of benzene rings is 1. The molecule has 0 radical (unpaired) electrons. The largest absolute Gasteiger partial charge is 0.481 e. The third-order valence-electron chi connectivity index (χ3n) is 5.12. The van der Waals surface area contributed by atoms with Gasteiger partial charge in [0.25, 0.3) is 5.79 Å². The van der Waals surface area contributed by atoms with Crippen LogP contribution < -0.4 is 9.47 Å². The van der Waals surface area contributed by atoms with Gasteiger partial charge in [-0.15, -0.1) is 0 Å². The molecule has 13 nitrogen and oxygen atoms in total. The fraction of sp³-hybridized carbons (Fsp3) is 0.583. The van der Waals surface area contributed by atoms with Gasteiger partial charge in [-0.25, -0.2) is 4.79 Å². The topological polar surface area (TPSA) is 200 Å². The lowest BCUT2D eigenvalue weighted by molar-refractivity contribution is -0.170. The normalized spacial score (nSPS) is 13.9. The summed E-state index contributed by atoms with van der Waals surface area (Å²) in [6.07, 6.45) is -1.83. The molecule has 0 spiro atoms. The number of rotatable bonds is 12. The number of hydrogen-bond donors (Lipinski definition) is 5. The van der Waals surface area contributed by atoms with Crippen molar-refractivity contribution in [2.24, 2.45) is 5.92 Å². The molecule has 210 valence electrons. The van der Waals surface area contributed by atoms with Gasteiger partial charge in [0.2, 0.25) is 0 Å². The number of carboxylic acid groups (broad SMARTS) is 4. The van der Waals surface area contributed by atoms with Crippen molar-refractivity contribution in [3.63, 3.8) is 0 Å². The molecular weight excluding hydrogens is 494 g/mol. The molecule has 0 aromatic heterocycles. The number of aliphatic hydroxyl groups is 1. The van der Waals surface area contributed by atoms with E-state index in [-0.39, 0.29) is 0 Å². The first-order valence-corrected chi connectivity index (χ1v) is 11.7. The first kappa shape index (κ1) is 33.6. The first-order valence-electron chi connectivity index (χ1n) is 11.7. The van der Waals surface area contributed by atoms with E-state index in [0.29, 0.717) is 17.9 Å². The molecule has 0 aliphatic carbocycles. The molecule has 5 N–H and O–H groups in total. The number of para-hydroxylation sites is 2. The van der Waals surface area contributed by atoms with E-state index in [9.17, 15) is 19.2 Å². The average Bonchev–Trinajstić information content (AvgIpc) is 3.13. The summed E-state index contributed by atoms with van der Waals surface area (Å²) >= 11 is 0. The second kappa shape index (κ2) is 15.6. The van der Waals surface area contributed by atoms with Crippen LogP contribution in [0.1, 0.15) is 53.9 Å². The van der Waals surface area contributed by atoms with Crippen LogP contribution >= 0.6 is 0 Å². The van der Waals surface area contributed by atoms with Crippen LogP contribution in [0, 0.1) is 5.92 Å². The number of ether oxygens (including phenoxy) is 2. The minimum atomic E-state index is -2.74. The van der Waals surface area contributed by atoms with E-state index in [0.717, 1.165) is 19.7 Å². The number of hydrogen-bond acceptors (Lipinski definition) is 9. The molecule has 1 aromatic carbocycles. The minimum absolute atomic E-state index is 0.458. The van der Waals surface area contributed by atoms with Crippen molar-refractivity contribution < 1.29 is 59.0 Å². The molecule has 37 heavy (non-hydrogen) atoms. The third kappa shape index (κ3) is 11.0. The Labute approximate surface area is 215 Å². The van der Waals surface area contributed by atoms with Crippen molar-refractivity contribution in [2.75, 3.05) is 19.7 Å². The highest BCUT2D eigenvalue weighted by Gasteiger charge is 2.47. The molecule has 1 aliphatic heterocycles. The lowest BCUT2D eigenvalue weighted by Gasteiger charge is -2.28. The maximum Gasteiger partial charge on any atom is 0.336 e. The van der Waals surface area contributed by atoms with Crippen molar-refractivity contribution in [1.82, 2.24) is 5.06 Å². The highest BCUT2D eigenvalue weighted by Crippen LogP contribution is 2.42. The van der Waals surface area contributed by atoms with Crippen LogP contribution in [0.4, 0.5) is 0 Å². The summed E-state index contributed by atoms with van der Waals surface area (Å²) in [7, 11) is 0. The molecule has 0 amide bonds. The third-order valence-corrected chi connectivity index (χ3v) is 5.12. The van der Waals surface area contributed by atoms with Crippen molar-refractivity contribution in [1.29, 1.82) is 0 Å². The standard InChI is InChI=1S/C12H14O4.C6H15NO.C6H8O7/c1-3-8(11(13)14)12(2)15-9-6-4-5-7-10(9)16-12;1-4-7(5-2)8-6-3;7-3(8)1-6(13,5(11)12)2-4(9)10/h4-8H,3H2,1-2H3,(H,13,14);4-6H2,1-3H3;13H,1-2H2,(H,7,8)(H,9,10)(H,11,12). The van der Waals surface area contributed by atoms with E-state index in [1.807, 2.05) is 24.1 Å². The number of hydroxylamine groups is 2. The molecule has 0 bridgehead atoms. The molecule has 13 heteroatoms. The second-order valence-electron chi connectivity index (χ2n) is 7.98. The zero-order valence-electron chi connectivity index (χ0n) is 21.7. The monoisotopic (exact) mass is 531 g/mol. The zero-order valence-corrected chi connectivity index (χ0v) is 21.7. The number of carboxylic acids is 4. The zero-order chi connectivity index (χ0) is 28.8. The Balaban J connectivity index is 0.000000558. The Morgan fingerprint density at radius 1 is 0.919 bits per heavy atom. The Kier molecular flexibility index (Phi) is 14.2. The van der Waals surface area contributed by atoms with Crippen molar-refractivity contribution in [3.05, 3.63) is 24.3 Å². The molecule has 0 saturated carbocycles. The van der Waals surface area contributed by atoms with E-state index in [2.05, 4.69) is 13.8 Å². The molecule has 1 atom stereocenters. The number of nitrogens with zero attached hydrogens (tertiary/aromatic N) is 1. The molecular formula is C24H37NO12. The molecule has 0 saturated heterocycles. The number of carbonyl (C=O) groups is 4. The lowest BCUT2D eigenvalue weighted by Crippen LogP contribution is -2.46. The van der Waals surface area contributed by atoms with Crippen molar-refractivity contribution in [2.45, 2.75) is 65.3 Å². The summed E-state index contributed by atoms with van der Waals surface area (Å²) in [5.74, 6) is -6.51. The number of aliphatic carboxylic acids is 4. The predicted octanol–water partition coefficient (Wildman–Crippen LogP) is 2.32. The van der Waals surface area contributed by atoms with Crippen LogP contribution in [-0.4, -0.2) is 85.6 Å². The summed E-state index contributed by atoms with van der Waals surface area (Å²) in [4.78, 5) is 46.8. The van der Waals surface area contributed by atoms with Crippen LogP contribution in [0.5, 0.6) is 11.5 Å². The van der Waals surface area contributed by atoms with E-state index < -0.39 is 54.0 Å². The van der Waals surface area contributed by atoms with Gasteiger partial charge < -0.3 is 35.0 Å². The molecule has 0 fully saturated rings. The summed E-state index contributed by atoms with van der Waals surface area (Å²) in [5, 5.41) is 44.9. The van der Waals surface area contributed by atoms with Gasteiger partial charge in [0, 0.05) is 20.0 Å². The second-order valence-corrected chi connectivity index (χ2v) is 7.98. The number of fused-ring (bicyclic) bond motifs is 1. The van der Waals surface area contributed by atoms with Crippen molar-refractivity contribution in [3.8, 4) is 11.5 Å². The Morgan fingerprint density at radius 3 is 1.59 bits per heavy atom. The van der Waals surface area contributed by atoms with Gasteiger partial charge in [-0.1, -0.05) is 32.9 Å². The van der Waals surface area contributed by atoms with E-state index >= 15 is 0 Å². The van der Waals surface area contributed by atoms with E-state index in [4.69, 9.17) is 39.8 Å². The Hall–Kier alpha value is -3.42. The van der Waals surface area contributed by atoms with Crippen LogP contribution in [0.2, 0.25) is 0 Å². The predicted molar refractivity (Wildman–Crippen MR) is 129 cm³/mol. The maximum absolute atomic E-state index is 11.1. The quantitative estimate of drug-likeness (QED) is 0.246. The minimum Gasteiger partial charge on any atom is -0.481 e. The molecule has 1 aromatic rings. The highest BCUT2D eigenvalue weighted by atomic mass is 16.7. The summed E-state index contributed by atoms with van der Waals surface area (Å²) in [6.45, 7) is 12.4. The van der Waals surface area contributed by atoms with E-state index in [1.165, 1.54) is 0 Å². The van der Waals surface area contributed by atoms with Gasteiger partial charge in [0.05, 0.1) is 19.4 Å². The van der Waals surface area contributed by atoms with Crippen LogP contribution in [0.15, 0.2) is 24.3 Å². The summed E-state index contributed by atoms with van der Waals surface area (Å²) in [5.41, 5.74) is -2.74. The molecule has 1 unspecified atom stereocenters. The van der Waals surface area contributed by atoms with Crippen LogP contribution in [0.3, 0.4) is 0 Å². The van der Waals surface area contributed by atoms with Gasteiger partial charge >= 0.3 is 23.9 Å². The maximum atomic E-state index is 11.1. The average molecular weight is 532 g/mol.